The van der Waals surface area contributed by atoms with E-state index in [2.05, 4.69) is 4.72 Å². The number of rotatable bonds is 7. The predicted molar refractivity (Wildman–Crippen MR) is 83.6 cm³/mol. The van der Waals surface area contributed by atoms with E-state index in [-0.39, 0.29) is 22.4 Å². The average Bonchev–Trinajstić information content (AvgIpc) is 2.89. The number of benzene rings is 1. The number of nitrogens with zero attached hydrogens (tertiary/aromatic N) is 1. The van der Waals surface area contributed by atoms with Gasteiger partial charge in [0.05, 0.1) is 17.0 Å². The molecule has 0 saturated carbocycles. The Labute approximate surface area is 135 Å². The van der Waals surface area contributed by atoms with Crippen LogP contribution in [0, 0.1) is 0 Å². The molecule has 0 aromatic heterocycles. The van der Waals surface area contributed by atoms with Crippen LogP contribution in [0.4, 0.5) is 0 Å². The number of hydrogen-bond donors (Lipinski definition) is 1. The maximum atomic E-state index is 12.2. The molecule has 0 aliphatic carbocycles. The lowest BCUT2D eigenvalue weighted by atomic mass is 10.3. The summed E-state index contributed by atoms with van der Waals surface area (Å²) >= 11 is 5.94. The van der Waals surface area contributed by atoms with E-state index in [1.807, 2.05) is 0 Å². The smallest absolute Gasteiger partial charge is 0.240 e. The van der Waals surface area contributed by atoms with Gasteiger partial charge in [-0.3, -0.25) is 4.79 Å². The third kappa shape index (κ3) is 4.12. The summed E-state index contributed by atoms with van der Waals surface area (Å²) in [7, 11) is -2.14. The Hall–Kier alpha value is -1.31. The van der Waals surface area contributed by atoms with Crippen LogP contribution >= 0.6 is 11.6 Å². The molecule has 1 aliphatic rings. The van der Waals surface area contributed by atoms with Crippen molar-refractivity contribution in [2.24, 2.45) is 0 Å². The molecule has 6 nitrogen and oxygen atoms in total. The van der Waals surface area contributed by atoms with E-state index in [4.69, 9.17) is 16.3 Å². The van der Waals surface area contributed by atoms with Crippen LogP contribution in [0.1, 0.15) is 19.3 Å². The van der Waals surface area contributed by atoms with Crippen LogP contribution < -0.4 is 9.46 Å². The van der Waals surface area contributed by atoms with Gasteiger partial charge in [0.25, 0.3) is 0 Å². The Morgan fingerprint density at radius 1 is 1.41 bits per heavy atom. The molecule has 1 aromatic rings. The molecule has 0 unspecified atom stereocenters. The van der Waals surface area contributed by atoms with Gasteiger partial charge in [-0.2, -0.15) is 0 Å². The van der Waals surface area contributed by atoms with Crippen molar-refractivity contribution in [1.29, 1.82) is 0 Å². The number of amides is 1. The summed E-state index contributed by atoms with van der Waals surface area (Å²) in [5.74, 6) is 0.568. The van der Waals surface area contributed by atoms with Gasteiger partial charge in [-0.15, -0.1) is 0 Å². The molecule has 0 spiro atoms. The van der Waals surface area contributed by atoms with Crippen LogP contribution in [0.25, 0.3) is 0 Å². The molecule has 1 fully saturated rings. The number of likely N-dealkylation sites (tertiary alicyclic amines) is 1. The zero-order valence-electron chi connectivity index (χ0n) is 12.3. The lowest BCUT2D eigenvalue weighted by Gasteiger charge is -2.15. The predicted octanol–water partition coefficient (Wildman–Crippen LogP) is 1.64. The van der Waals surface area contributed by atoms with Crippen molar-refractivity contribution in [3.8, 4) is 5.75 Å². The van der Waals surface area contributed by atoms with Crippen LogP contribution in [0.5, 0.6) is 5.75 Å². The maximum Gasteiger partial charge on any atom is 0.240 e. The first-order chi connectivity index (χ1) is 10.4. The first-order valence-corrected chi connectivity index (χ1v) is 8.91. The molecule has 0 atom stereocenters. The van der Waals surface area contributed by atoms with Gasteiger partial charge in [0.1, 0.15) is 5.75 Å². The summed E-state index contributed by atoms with van der Waals surface area (Å²) in [6, 6.07) is 4.31. The third-order valence-corrected chi connectivity index (χ3v) is 5.26. The Bertz CT molecular complexity index is 648. The second-order valence-electron chi connectivity index (χ2n) is 5.03. The molecule has 8 heteroatoms. The Morgan fingerprint density at radius 2 is 2.18 bits per heavy atom. The molecule has 1 saturated heterocycles. The number of nitrogens with one attached hydrogen (secondary N) is 1. The minimum atomic E-state index is -3.61. The number of ether oxygens (including phenoxy) is 1. The Kier molecular flexibility index (Phi) is 5.66. The Balaban J connectivity index is 1.88. The van der Waals surface area contributed by atoms with Crippen LogP contribution in [-0.2, 0) is 14.8 Å². The minimum absolute atomic E-state index is 0.0931. The van der Waals surface area contributed by atoms with Gasteiger partial charge in [-0.05, 0) is 31.0 Å². The zero-order chi connectivity index (χ0) is 16.2. The molecule has 1 aromatic carbocycles. The third-order valence-electron chi connectivity index (χ3n) is 3.50. The zero-order valence-corrected chi connectivity index (χ0v) is 13.9. The first-order valence-electron chi connectivity index (χ1n) is 7.05. The van der Waals surface area contributed by atoms with Gasteiger partial charge < -0.3 is 9.64 Å². The number of carbonyl (C=O) groups is 1. The van der Waals surface area contributed by atoms with Crippen molar-refractivity contribution >= 4 is 27.5 Å². The number of halogens is 1. The molecule has 122 valence electrons. The molecule has 1 heterocycles. The molecule has 2 rings (SSSR count). The van der Waals surface area contributed by atoms with Gasteiger partial charge in [0.15, 0.2) is 0 Å². The highest BCUT2D eigenvalue weighted by molar-refractivity contribution is 7.89. The highest BCUT2D eigenvalue weighted by Crippen LogP contribution is 2.26. The molecule has 0 radical (unpaired) electrons. The van der Waals surface area contributed by atoms with E-state index in [0.29, 0.717) is 25.1 Å². The molecular formula is C14H19ClN2O4S. The van der Waals surface area contributed by atoms with Gasteiger partial charge in [-0.1, -0.05) is 11.6 Å². The van der Waals surface area contributed by atoms with Crippen molar-refractivity contribution in [2.75, 3.05) is 26.7 Å². The van der Waals surface area contributed by atoms with Crippen LogP contribution in [-0.4, -0.2) is 46.0 Å². The van der Waals surface area contributed by atoms with Crippen molar-refractivity contribution in [1.82, 2.24) is 9.62 Å². The fourth-order valence-corrected chi connectivity index (χ4v) is 3.74. The topological polar surface area (TPSA) is 75.7 Å². The number of hydrogen-bond acceptors (Lipinski definition) is 4. The van der Waals surface area contributed by atoms with Crippen molar-refractivity contribution in [3.63, 3.8) is 0 Å². The second-order valence-corrected chi connectivity index (χ2v) is 7.21. The van der Waals surface area contributed by atoms with Gasteiger partial charge >= 0.3 is 0 Å². The lowest BCUT2D eigenvalue weighted by Crippen LogP contribution is -2.30. The molecule has 1 N–H and O–H groups in total. The summed E-state index contributed by atoms with van der Waals surface area (Å²) in [4.78, 5) is 13.3. The summed E-state index contributed by atoms with van der Waals surface area (Å²) in [5.41, 5.74) is 0. The van der Waals surface area contributed by atoms with E-state index in [9.17, 15) is 13.2 Å². The van der Waals surface area contributed by atoms with Gasteiger partial charge in [-0.25, -0.2) is 13.1 Å². The average molecular weight is 347 g/mol. The highest BCUT2D eigenvalue weighted by Gasteiger charge is 2.20. The monoisotopic (exact) mass is 346 g/mol. The molecule has 1 aliphatic heterocycles. The van der Waals surface area contributed by atoms with E-state index < -0.39 is 10.0 Å². The summed E-state index contributed by atoms with van der Waals surface area (Å²) in [6.45, 7) is 1.61. The number of carbonyl (C=O) groups excluding carboxylic acids is 1. The largest absolute Gasteiger partial charge is 0.495 e. The Morgan fingerprint density at radius 3 is 2.77 bits per heavy atom. The van der Waals surface area contributed by atoms with Crippen molar-refractivity contribution in [3.05, 3.63) is 23.2 Å². The fraction of sp³-hybridized carbons (Fsp3) is 0.500. The highest BCUT2D eigenvalue weighted by atomic mass is 35.5. The first kappa shape index (κ1) is 17.1. The quantitative estimate of drug-likeness (QED) is 0.761. The second kappa shape index (κ2) is 7.30. The summed E-state index contributed by atoms with van der Waals surface area (Å²) < 4.78 is 31.8. The van der Waals surface area contributed by atoms with Crippen molar-refractivity contribution in [2.45, 2.75) is 24.2 Å². The van der Waals surface area contributed by atoms with Gasteiger partial charge in [0.2, 0.25) is 15.9 Å². The minimum Gasteiger partial charge on any atom is -0.495 e. The molecule has 22 heavy (non-hydrogen) atoms. The molecule has 1 amide bonds. The standard InChI is InChI=1S/C14H19ClN2O4S/c1-21-13-6-5-11(10-12(13)15)22(19,20)16-7-3-9-17-8-2-4-14(17)18/h5-6,10,16H,2-4,7-9H2,1H3. The van der Waals surface area contributed by atoms with Gasteiger partial charge in [0, 0.05) is 26.1 Å². The van der Waals surface area contributed by atoms with E-state index >= 15 is 0 Å². The van der Waals surface area contributed by atoms with Crippen LogP contribution in [0.3, 0.4) is 0 Å². The molecule has 0 bridgehead atoms. The molecular weight excluding hydrogens is 328 g/mol. The SMILES string of the molecule is COc1ccc(S(=O)(=O)NCCCN2CCCC2=O)cc1Cl. The van der Waals surface area contributed by atoms with Crippen LogP contribution in [0.15, 0.2) is 23.1 Å². The van der Waals surface area contributed by atoms with E-state index in [1.54, 1.807) is 4.90 Å². The summed E-state index contributed by atoms with van der Waals surface area (Å²) in [5, 5.41) is 0.244. The van der Waals surface area contributed by atoms with E-state index in [0.717, 1.165) is 13.0 Å². The maximum absolute atomic E-state index is 12.2. The lowest BCUT2D eigenvalue weighted by molar-refractivity contribution is -0.127. The fourth-order valence-electron chi connectivity index (χ4n) is 2.31. The van der Waals surface area contributed by atoms with Crippen molar-refractivity contribution < 1.29 is 17.9 Å². The van der Waals surface area contributed by atoms with Crippen LogP contribution in [0.2, 0.25) is 5.02 Å². The normalized spacial score (nSPS) is 15.4. The summed E-state index contributed by atoms with van der Waals surface area (Å²) in [6.07, 6.45) is 2.06. The van der Waals surface area contributed by atoms with E-state index in [1.165, 1.54) is 25.3 Å². The number of methoxy groups -OCH3 is 1. The number of sulfonamides is 1.